The molecule has 0 radical (unpaired) electrons. The maximum Gasteiger partial charge on any atom is 0.415 e. The molecule has 3 nitrogen and oxygen atoms in total. The van der Waals surface area contributed by atoms with E-state index in [9.17, 15) is 13.2 Å². The molecule has 0 unspecified atom stereocenters. The first-order valence-corrected chi connectivity index (χ1v) is 4.55. The van der Waals surface area contributed by atoms with Crippen molar-refractivity contribution in [1.82, 2.24) is 4.90 Å². The number of piperidine rings is 1. The largest absolute Gasteiger partial charge is 0.415 e. The first-order valence-electron chi connectivity index (χ1n) is 4.55. The molecule has 0 saturated carbocycles. The summed E-state index contributed by atoms with van der Waals surface area (Å²) in [5.74, 6) is 0. The van der Waals surface area contributed by atoms with Crippen molar-refractivity contribution in [1.29, 1.82) is 0 Å². The van der Waals surface area contributed by atoms with E-state index in [-0.39, 0.29) is 0 Å². The molecule has 84 valence electrons. The lowest BCUT2D eigenvalue weighted by molar-refractivity contribution is -0.209. The third-order valence-electron chi connectivity index (χ3n) is 2.37. The molecule has 0 aromatic carbocycles. The molecule has 1 atom stereocenters. The van der Waals surface area contributed by atoms with Crippen molar-refractivity contribution in [2.24, 2.45) is 0 Å². The van der Waals surface area contributed by atoms with Crippen LogP contribution in [0.2, 0.25) is 0 Å². The Morgan fingerprint density at radius 3 is 2.21 bits per heavy atom. The summed E-state index contributed by atoms with van der Waals surface area (Å²) < 4.78 is 35.9. The Labute approximate surface area is 80.1 Å². The summed E-state index contributed by atoms with van der Waals surface area (Å²) in [7, 11) is 0. The van der Waals surface area contributed by atoms with Crippen LogP contribution in [-0.2, 0) is 0 Å². The molecule has 0 aliphatic carbocycles. The fourth-order valence-electron chi connectivity index (χ4n) is 1.45. The van der Waals surface area contributed by atoms with E-state index in [2.05, 4.69) is 0 Å². The van der Waals surface area contributed by atoms with Crippen LogP contribution in [0.5, 0.6) is 0 Å². The van der Waals surface area contributed by atoms with Crippen LogP contribution in [0.3, 0.4) is 0 Å². The van der Waals surface area contributed by atoms with E-state index >= 15 is 0 Å². The summed E-state index contributed by atoms with van der Waals surface area (Å²) in [4.78, 5) is 1.52. The molecule has 0 aromatic heterocycles. The van der Waals surface area contributed by atoms with Gasteiger partial charge in [-0.15, -0.1) is 0 Å². The Hall–Kier alpha value is -0.330. The van der Waals surface area contributed by atoms with E-state index in [1.165, 1.54) is 4.90 Å². The SMILES string of the molecule is OC1CCN(C[C@H](O)C(F)(F)F)CC1. The number of hydrogen-bond donors (Lipinski definition) is 2. The number of hydrogen-bond acceptors (Lipinski definition) is 3. The van der Waals surface area contributed by atoms with Crippen LogP contribution in [0.1, 0.15) is 12.8 Å². The molecule has 1 aliphatic rings. The number of aliphatic hydroxyl groups is 2. The molecule has 1 heterocycles. The average Bonchev–Trinajstić information content (AvgIpc) is 2.07. The van der Waals surface area contributed by atoms with Gasteiger partial charge in [-0.25, -0.2) is 0 Å². The molecule has 0 aromatic rings. The maximum atomic E-state index is 12.0. The zero-order valence-corrected chi connectivity index (χ0v) is 7.67. The number of β-amino-alcohol motifs (C(OH)–C–C–N with tert-alkyl or cyclic N) is 1. The van der Waals surface area contributed by atoms with Gasteiger partial charge in [0.2, 0.25) is 0 Å². The number of alkyl halides is 3. The lowest BCUT2D eigenvalue weighted by Crippen LogP contribution is -2.45. The van der Waals surface area contributed by atoms with Crippen molar-refractivity contribution >= 4 is 0 Å². The highest BCUT2D eigenvalue weighted by Gasteiger charge is 2.39. The smallest absolute Gasteiger partial charge is 0.393 e. The van der Waals surface area contributed by atoms with Crippen molar-refractivity contribution in [3.05, 3.63) is 0 Å². The summed E-state index contributed by atoms with van der Waals surface area (Å²) in [5.41, 5.74) is 0. The van der Waals surface area contributed by atoms with E-state index in [0.717, 1.165) is 0 Å². The predicted molar refractivity (Wildman–Crippen MR) is 43.7 cm³/mol. The Bertz CT molecular complexity index is 178. The predicted octanol–water partition coefficient (Wildman–Crippen LogP) is 0.366. The van der Waals surface area contributed by atoms with Crippen LogP contribution in [0, 0.1) is 0 Å². The van der Waals surface area contributed by atoms with Crippen molar-refractivity contribution in [2.75, 3.05) is 19.6 Å². The molecular formula is C8H14F3NO2. The minimum Gasteiger partial charge on any atom is -0.393 e. The molecule has 1 fully saturated rings. The Morgan fingerprint density at radius 1 is 1.29 bits per heavy atom. The van der Waals surface area contributed by atoms with Gasteiger partial charge in [0, 0.05) is 19.6 Å². The second-order valence-electron chi connectivity index (χ2n) is 3.59. The van der Waals surface area contributed by atoms with Crippen molar-refractivity contribution < 1.29 is 23.4 Å². The minimum atomic E-state index is -4.55. The summed E-state index contributed by atoms with van der Waals surface area (Å²) in [6.45, 7) is 0.429. The lowest BCUT2D eigenvalue weighted by Gasteiger charge is -2.31. The van der Waals surface area contributed by atoms with Crippen LogP contribution in [0.25, 0.3) is 0 Å². The van der Waals surface area contributed by atoms with E-state index in [1.54, 1.807) is 0 Å². The minimum absolute atomic E-state index is 0.393. The van der Waals surface area contributed by atoms with Gasteiger partial charge in [-0.3, -0.25) is 0 Å². The fraction of sp³-hybridized carbons (Fsp3) is 1.00. The summed E-state index contributed by atoms with van der Waals surface area (Å²) >= 11 is 0. The van der Waals surface area contributed by atoms with Crippen molar-refractivity contribution in [3.8, 4) is 0 Å². The van der Waals surface area contributed by atoms with Gasteiger partial charge in [0.25, 0.3) is 0 Å². The Kier molecular flexibility index (Phi) is 3.74. The molecule has 1 rings (SSSR count). The monoisotopic (exact) mass is 213 g/mol. The zero-order chi connectivity index (χ0) is 10.8. The average molecular weight is 213 g/mol. The van der Waals surface area contributed by atoms with Crippen LogP contribution in [0.4, 0.5) is 13.2 Å². The molecule has 1 saturated heterocycles. The maximum absolute atomic E-state index is 12.0. The van der Waals surface area contributed by atoms with Crippen LogP contribution in [-0.4, -0.2) is 53.1 Å². The van der Waals surface area contributed by atoms with Gasteiger partial charge in [0.15, 0.2) is 6.10 Å². The number of likely N-dealkylation sites (tertiary alicyclic amines) is 1. The highest BCUT2D eigenvalue weighted by atomic mass is 19.4. The molecule has 14 heavy (non-hydrogen) atoms. The molecule has 1 aliphatic heterocycles. The van der Waals surface area contributed by atoms with Gasteiger partial charge in [0.05, 0.1) is 6.10 Å². The van der Waals surface area contributed by atoms with Crippen molar-refractivity contribution in [3.63, 3.8) is 0 Å². The van der Waals surface area contributed by atoms with Crippen LogP contribution >= 0.6 is 0 Å². The normalized spacial score (nSPS) is 23.8. The molecule has 0 bridgehead atoms. The first kappa shape index (κ1) is 11.7. The van der Waals surface area contributed by atoms with Gasteiger partial charge in [-0.2, -0.15) is 13.2 Å². The summed E-state index contributed by atoms with van der Waals surface area (Å²) in [6, 6.07) is 0. The van der Waals surface area contributed by atoms with Crippen molar-refractivity contribution in [2.45, 2.75) is 31.2 Å². The fourth-order valence-corrected chi connectivity index (χ4v) is 1.45. The highest BCUT2D eigenvalue weighted by Crippen LogP contribution is 2.21. The third-order valence-corrected chi connectivity index (χ3v) is 2.37. The first-order chi connectivity index (χ1) is 6.39. The molecule has 6 heteroatoms. The third kappa shape index (κ3) is 3.43. The summed E-state index contributed by atoms with van der Waals surface area (Å²) in [6.07, 6.45) is -6.28. The number of rotatable bonds is 2. The number of aliphatic hydroxyl groups excluding tert-OH is 2. The molecular weight excluding hydrogens is 199 g/mol. The van der Waals surface area contributed by atoms with E-state index in [1.807, 2.05) is 0 Å². The van der Waals surface area contributed by atoms with E-state index < -0.39 is 24.9 Å². The zero-order valence-electron chi connectivity index (χ0n) is 7.67. The standard InChI is InChI=1S/C8H14F3NO2/c9-8(10,11)7(14)5-12-3-1-6(13)2-4-12/h6-7,13-14H,1-5H2/t7-/m0/s1. The number of halogens is 3. The van der Waals surface area contributed by atoms with Gasteiger partial charge in [0.1, 0.15) is 0 Å². The summed E-state index contributed by atoms with van der Waals surface area (Å²) in [5, 5.41) is 17.9. The van der Waals surface area contributed by atoms with Gasteiger partial charge >= 0.3 is 6.18 Å². The topological polar surface area (TPSA) is 43.7 Å². The van der Waals surface area contributed by atoms with Crippen LogP contribution in [0.15, 0.2) is 0 Å². The second kappa shape index (κ2) is 4.46. The van der Waals surface area contributed by atoms with E-state index in [0.29, 0.717) is 25.9 Å². The highest BCUT2D eigenvalue weighted by molar-refractivity contribution is 4.76. The second-order valence-corrected chi connectivity index (χ2v) is 3.59. The molecule has 0 amide bonds. The van der Waals surface area contributed by atoms with Crippen LogP contribution < -0.4 is 0 Å². The lowest BCUT2D eigenvalue weighted by atomic mass is 10.1. The number of nitrogens with zero attached hydrogens (tertiary/aromatic N) is 1. The van der Waals surface area contributed by atoms with Gasteiger partial charge in [-0.05, 0) is 12.8 Å². The Morgan fingerprint density at radius 2 is 1.79 bits per heavy atom. The van der Waals surface area contributed by atoms with E-state index in [4.69, 9.17) is 10.2 Å². The molecule has 2 N–H and O–H groups in total. The van der Waals surface area contributed by atoms with Gasteiger partial charge < -0.3 is 15.1 Å². The van der Waals surface area contributed by atoms with Gasteiger partial charge in [-0.1, -0.05) is 0 Å². The quantitative estimate of drug-likeness (QED) is 0.696. The Balaban J connectivity index is 2.31. The molecule has 0 spiro atoms.